The second-order valence-corrected chi connectivity index (χ2v) is 10.6. The molecule has 0 aromatic heterocycles. The number of hydrogen-bond acceptors (Lipinski definition) is 5. The van der Waals surface area contributed by atoms with Crippen molar-refractivity contribution in [2.75, 3.05) is 25.0 Å². The molecule has 206 valence electrons. The summed E-state index contributed by atoms with van der Waals surface area (Å²) >= 11 is 0. The first-order valence-corrected chi connectivity index (χ1v) is 14.0. The van der Waals surface area contributed by atoms with Crippen LogP contribution in [-0.2, 0) is 22.6 Å². The van der Waals surface area contributed by atoms with Gasteiger partial charge in [-0.25, -0.2) is 4.79 Å². The Morgan fingerprint density at radius 3 is 2.26 bits per heavy atom. The molecule has 2 amide bonds. The summed E-state index contributed by atoms with van der Waals surface area (Å²) in [6, 6.07) is 25.3. The van der Waals surface area contributed by atoms with Crippen molar-refractivity contribution in [3.63, 3.8) is 0 Å². The lowest BCUT2D eigenvalue weighted by molar-refractivity contribution is -0.276. The van der Waals surface area contributed by atoms with Crippen LogP contribution in [0.2, 0.25) is 0 Å². The number of benzene rings is 3. The summed E-state index contributed by atoms with van der Waals surface area (Å²) in [6.45, 7) is 5.80. The Morgan fingerprint density at radius 1 is 0.872 bits per heavy atom. The van der Waals surface area contributed by atoms with Crippen molar-refractivity contribution in [3.05, 3.63) is 101 Å². The average molecular weight is 530 g/mol. The van der Waals surface area contributed by atoms with E-state index in [-0.39, 0.29) is 30.8 Å². The molecule has 0 bridgehead atoms. The van der Waals surface area contributed by atoms with Gasteiger partial charge in [0.15, 0.2) is 6.29 Å². The summed E-state index contributed by atoms with van der Waals surface area (Å²) < 4.78 is 13.2. The Kier molecular flexibility index (Phi) is 9.27. The molecule has 0 spiro atoms. The second kappa shape index (κ2) is 13.2. The Bertz CT molecular complexity index is 1180. The van der Waals surface area contributed by atoms with Crippen molar-refractivity contribution >= 4 is 11.7 Å². The minimum Gasteiger partial charge on any atom is -0.392 e. The number of nitrogens with one attached hydrogen (secondary N) is 2. The molecule has 0 radical (unpaired) electrons. The normalized spacial score (nSPS) is 23.7. The van der Waals surface area contributed by atoms with E-state index < -0.39 is 6.29 Å². The topological polar surface area (TPSA) is 83.1 Å². The number of ether oxygens (including phenoxy) is 2. The highest BCUT2D eigenvalue weighted by molar-refractivity contribution is 5.89. The molecular formula is C32H39N3O4. The molecule has 2 saturated heterocycles. The number of piperidine rings is 1. The van der Waals surface area contributed by atoms with Gasteiger partial charge in [0.1, 0.15) is 0 Å². The number of rotatable bonds is 8. The van der Waals surface area contributed by atoms with Crippen molar-refractivity contribution in [1.29, 1.82) is 0 Å². The largest absolute Gasteiger partial charge is 0.392 e. The monoisotopic (exact) mass is 529 g/mol. The van der Waals surface area contributed by atoms with Gasteiger partial charge >= 0.3 is 6.03 Å². The van der Waals surface area contributed by atoms with Gasteiger partial charge in [0, 0.05) is 30.3 Å². The summed E-state index contributed by atoms with van der Waals surface area (Å²) in [6.07, 6.45) is 3.15. The van der Waals surface area contributed by atoms with Crippen molar-refractivity contribution in [2.45, 2.75) is 57.8 Å². The number of urea groups is 1. The summed E-state index contributed by atoms with van der Waals surface area (Å²) in [4.78, 5) is 14.9. The van der Waals surface area contributed by atoms with Crippen LogP contribution in [-0.4, -0.2) is 41.8 Å². The first-order chi connectivity index (χ1) is 19.1. The maximum atomic E-state index is 12.4. The predicted octanol–water partition coefficient (Wildman–Crippen LogP) is 5.78. The zero-order chi connectivity index (χ0) is 27.0. The van der Waals surface area contributed by atoms with E-state index in [1.54, 1.807) is 0 Å². The zero-order valence-electron chi connectivity index (χ0n) is 22.6. The van der Waals surface area contributed by atoms with E-state index in [1.165, 1.54) is 19.3 Å². The lowest BCUT2D eigenvalue weighted by atomic mass is 9.89. The number of hydrogen-bond donors (Lipinski definition) is 3. The van der Waals surface area contributed by atoms with Crippen molar-refractivity contribution < 1.29 is 19.4 Å². The standard InChI is InChI=1S/C32H39N3O4/c1-23-29(21-35-18-6-3-7-19-35)38-31(39-30(23)26-12-10-25(22-36)11-13-26)27-14-16-28(17-15-27)34-32(37)33-20-24-8-4-2-5-9-24/h2,4-5,8-17,23,29-31,36H,3,6-7,18-22H2,1H3,(H2,33,34,37)/t23-,29+,30+,31+/m0/s1. The summed E-state index contributed by atoms with van der Waals surface area (Å²) in [5.41, 5.74) is 4.64. The smallest absolute Gasteiger partial charge is 0.319 e. The van der Waals surface area contributed by atoms with E-state index in [0.717, 1.165) is 41.9 Å². The first kappa shape index (κ1) is 27.3. The summed E-state index contributed by atoms with van der Waals surface area (Å²) in [7, 11) is 0. The van der Waals surface area contributed by atoms with Gasteiger partial charge in [-0.15, -0.1) is 0 Å². The third-order valence-electron chi connectivity index (χ3n) is 7.75. The van der Waals surface area contributed by atoms with Crippen LogP contribution in [0, 0.1) is 5.92 Å². The van der Waals surface area contributed by atoms with Gasteiger partial charge in [0.05, 0.1) is 18.8 Å². The third-order valence-corrected chi connectivity index (χ3v) is 7.75. The molecule has 4 atom stereocenters. The van der Waals surface area contributed by atoms with Crippen molar-refractivity contribution in [3.8, 4) is 0 Å². The molecule has 0 unspecified atom stereocenters. The maximum Gasteiger partial charge on any atom is 0.319 e. The Hall–Kier alpha value is -3.23. The van der Waals surface area contributed by atoms with Crippen molar-refractivity contribution in [2.24, 2.45) is 5.92 Å². The van der Waals surface area contributed by atoms with Crippen molar-refractivity contribution in [1.82, 2.24) is 10.2 Å². The molecule has 5 rings (SSSR count). The first-order valence-electron chi connectivity index (χ1n) is 14.0. The molecule has 39 heavy (non-hydrogen) atoms. The maximum absolute atomic E-state index is 12.4. The van der Waals surface area contributed by atoms with Crippen LogP contribution < -0.4 is 10.6 Å². The molecular weight excluding hydrogens is 490 g/mol. The number of aliphatic hydroxyl groups is 1. The van der Waals surface area contributed by atoms with E-state index in [2.05, 4.69) is 22.5 Å². The van der Waals surface area contributed by atoms with Gasteiger partial charge in [-0.3, -0.25) is 0 Å². The fourth-order valence-corrected chi connectivity index (χ4v) is 5.40. The predicted molar refractivity (Wildman–Crippen MR) is 152 cm³/mol. The van der Waals surface area contributed by atoms with E-state index in [1.807, 2.05) is 78.9 Å². The quantitative estimate of drug-likeness (QED) is 0.345. The van der Waals surface area contributed by atoms with E-state index in [0.29, 0.717) is 12.2 Å². The Labute approximate surface area is 231 Å². The van der Waals surface area contributed by atoms with Gasteiger partial charge in [0.2, 0.25) is 0 Å². The van der Waals surface area contributed by atoms with Crippen LogP contribution in [0.15, 0.2) is 78.9 Å². The summed E-state index contributed by atoms with van der Waals surface area (Å²) in [5.74, 6) is 0.164. The number of anilines is 1. The molecule has 2 aliphatic rings. The molecule has 2 heterocycles. The van der Waals surface area contributed by atoms with Gasteiger partial charge in [-0.1, -0.05) is 80.1 Å². The van der Waals surface area contributed by atoms with Gasteiger partial charge in [0.25, 0.3) is 0 Å². The lowest BCUT2D eigenvalue weighted by Gasteiger charge is -2.43. The van der Waals surface area contributed by atoms with Crippen LogP contribution in [0.25, 0.3) is 0 Å². The molecule has 3 N–H and O–H groups in total. The van der Waals surface area contributed by atoms with Crippen LogP contribution in [0.1, 0.15) is 60.8 Å². The number of amides is 2. The third kappa shape index (κ3) is 7.25. The molecule has 0 saturated carbocycles. The molecule has 0 aliphatic carbocycles. The summed E-state index contributed by atoms with van der Waals surface area (Å²) in [5, 5.41) is 15.3. The fraction of sp³-hybridized carbons (Fsp3) is 0.406. The minimum absolute atomic E-state index is 0.0194. The Morgan fingerprint density at radius 2 is 1.56 bits per heavy atom. The van der Waals surface area contributed by atoms with Crippen LogP contribution >= 0.6 is 0 Å². The average Bonchev–Trinajstić information content (AvgIpc) is 2.99. The van der Waals surface area contributed by atoms with E-state index >= 15 is 0 Å². The van der Waals surface area contributed by atoms with E-state index in [4.69, 9.17) is 9.47 Å². The number of aliphatic hydroxyl groups excluding tert-OH is 1. The number of likely N-dealkylation sites (tertiary alicyclic amines) is 1. The Balaban J connectivity index is 1.27. The number of nitrogens with zero attached hydrogens (tertiary/aromatic N) is 1. The molecule has 2 fully saturated rings. The second-order valence-electron chi connectivity index (χ2n) is 10.6. The van der Waals surface area contributed by atoms with Crippen LogP contribution in [0.4, 0.5) is 10.5 Å². The van der Waals surface area contributed by atoms with Gasteiger partial charge in [-0.05, 0) is 54.8 Å². The highest BCUT2D eigenvalue weighted by atomic mass is 16.7. The fourth-order valence-electron chi connectivity index (χ4n) is 5.40. The highest BCUT2D eigenvalue weighted by Gasteiger charge is 2.39. The molecule has 3 aromatic carbocycles. The molecule has 7 nitrogen and oxygen atoms in total. The van der Waals surface area contributed by atoms with E-state index in [9.17, 15) is 9.90 Å². The molecule has 2 aliphatic heterocycles. The zero-order valence-corrected chi connectivity index (χ0v) is 22.6. The number of carbonyl (C=O) groups excluding carboxylic acids is 1. The SMILES string of the molecule is C[C@H]1[C@@H](CN2CCCCC2)O[C@@H](c2ccc(NC(=O)NCc3ccccc3)cc2)O[C@H]1c1ccc(CO)cc1. The van der Waals surface area contributed by atoms with Crippen LogP contribution in [0.3, 0.4) is 0 Å². The molecule has 3 aromatic rings. The van der Waals surface area contributed by atoms with Gasteiger partial charge < -0.3 is 30.1 Å². The van der Waals surface area contributed by atoms with Gasteiger partial charge in [-0.2, -0.15) is 0 Å². The lowest BCUT2D eigenvalue weighted by Crippen LogP contribution is -2.45. The highest BCUT2D eigenvalue weighted by Crippen LogP contribution is 2.42. The molecule has 7 heteroatoms. The number of carbonyl (C=O) groups is 1. The minimum atomic E-state index is -0.514. The van der Waals surface area contributed by atoms with Crippen LogP contribution in [0.5, 0.6) is 0 Å².